The lowest BCUT2D eigenvalue weighted by molar-refractivity contribution is -0.127. The third kappa shape index (κ3) is 2.46. The molecule has 7 heteroatoms. The van der Waals surface area contributed by atoms with Crippen molar-refractivity contribution in [3.8, 4) is 5.75 Å². The molecule has 1 aromatic rings. The summed E-state index contributed by atoms with van der Waals surface area (Å²) in [4.78, 5) is 13.1. The Morgan fingerprint density at radius 2 is 2.17 bits per heavy atom. The summed E-state index contributed by atoms with van der Waals surface area (Å²) in [6.07, 6.45) is 0.452. The van der Waals surface area contributed by atoms with Gasteiger partial charge in [-0.05, 0) is 24.6 Å². The van der Waals surface area contributed by atoms with E-state index in [0.29, 0.717) is 13.0 Å². The lowest BCUT2D eigenvalue weighted by Crippen LogP contribution is -2.40. The zero-order valence-electron chi connectivity index (χ0n) is 9.83. The number of rotatable bonds is 3. The van der Waals surface area contributed by atoms with Crippen LogP contribution in [0.25, 0.3) is 0 Å². The number of aromatic hydroxyl groups is 1. The van der Waals surface area contributed by atoms with Crippen LogP contribution in [-0.2, 0) is 14.8 Å². The highest BCUT2D eigenvalue weighted by atomic mass is 32.2. The Balaban J connectivity index is 2.20. The monoisotopic (exact) mass is 270 g/mol. The predicted molar refractivity (Wildman–Crippen MR) is 64.5 cm³/mol. The molecule has 2 N–H and O–H groups in total. The van der Waals surface area contributed by atoms with E-state index in [1.54, 1.807) is 7.05 Å². The average molecular weight is 270 g/mol. The van der Waals surface area contributed by atoms with E-state index in [-0.39, 0.29) is 16.6 Å². The second kappa shape index (κ2) is 4.58. The van der Waals surface area contributed by atoms with E-state index in [1.165, 1.54) is 23.1 Å². The molecule has 0 bridgehead atoms. The Morgan fingerprint density at radius 1 is 1.44 bits per heavy atom. The minimum atomic E-state index is -3.78. The molecule has 1 amide bonds. The molecule has 1 heterocycles. The quantitative estimate of drug-likeness (QED) is 0.803. The fourth-order valence-corrected chi connectivity index (χ4v) is 3.10. The van der Waals surface area contributed by atoms with E-state index < -0.39 is 16.1 Å². The Bertz CT molecular complexity index is 570. The average Bonchev–Trinajstić information content (AvgIpc) is 2.61. The number of benzene rings is 1. The summed E-state index contributed by atoms with van der Waals surface area (Å²) >= 11 is 0. The second-order valence-electron chi connectivity index (χ2n) is 4.22. The predicted octanol–water partition coefficient (Wildman–Crippen LogP) is -0.0988. The summed E-state index contributed by atoms with van der Waals surface area (Å²) in [5, 5.41) is 9.26. The first-order chi connectivity index (χ1) is 8.40. The summed E-state index contributed by atoms with van der Waals surface area (Å²) in [5.74, 6) is -0.369. The Hall–Kier alpha value is -1.60. The normalized spacial score (nSPS) is 20.4. The molecule has 0 aromatic heterocycles. The Morgan fingerprint density at radius 3 is 2.72 bits per heavy atom. The van der Waals surface area contributed by atoms with Crippen LogP contribution >= 0.6 is 0 Å². The van der Waals surface area contributed by atoms with Crippen LogP contribution in [0.3, 0.4) is 0 Å². The van der Waals surface area contributed by atoms with Gasteiger partial charge >= 0.3 is 0 Å². The van der Waals surface area contributed by atoms with Crippen LogP contribution in [0.1, 0.15) is 6.42 Å². The Kier molecular flexibility index (Phi) is 3.27. The molecule has 1 fully saturated rings. The van der Waals surface area contributed by atoms with Gasteiger partial charge in [0, 0.05) is 13.6 Å². The number of amides is 1. The molecule has 18 heavy (non-hydrogen) atoms. The zero-order chi connectivity index (χ0) is 13.3. The van der Waals surface area contributed by atoms with Crippen LogP contribution in [0, 0.1) is 0 Å². The Labute approximate surface area is 105 Å². The van der Waals surface area contributed by atoms with Gasteiger partial charge in [-0.3, -0.25) is 4.79 Å². The smallest absolute Gasteiger partial charge is 0.241 e. The van der Waals surface area contributed by atoms with Crippen LogP contribution in [0.4, 0.5) is 0 Å². The van der Waals surface area contributed by atoms with Crippen LogP contribution in [0.15, 0.2) is 29.2 Å². The molecular formula is C11H14N2O4S. The van der Waals surface area contributed by atoms with Crippen molar-refractivity contribution >= 4 is 15.9 Å². The number of phenolic OH excluding ortho intramolecular Hbond substituents is 1. The summed E-state index contributed by atoms with van der Waals surface area (Å²) < 4.78 is 26.3. The number of hydrogen-bond donors (Lipinski definition) is 2. The molecule has 1 saturated heterocycles. The van der Waals surface area contributed by atoms with Gasteiger partial charge in [0.05, 0.1) is 4.90 Å². The molecule has 0 spiro atoms. The van der Waals surface area contributed by atoms with Crippen molar-refractivity contribution in [2.24, 2.45) is 0 Å². The van der Waals surface area contributed by atoms with Gasteiger partial charge in [-0.15, -0.1) is 0 Å². The number of nitrogens with one attached hydrogen (secondary N) is 1. The topological polar surface area (TPSA) is 86.7 Å². The maximum Gasteiger partial charge on any atom is 0.241 e. The third-order valence-corrected chi connectivity index (χ3v) is 4.32. The van der Waals surface area contributed by atoms with Crippen LogP contribution in [0.2, 0.25) is 0 Å². The first-order valence-electron chi connectivity index (χ1n) is 5.46. The van der Waals surface area contributed by atoms with Gasteiger partial charge in [0.15, 0.2) is 0 Å². The standard InChI is InChI=1S/C11H14N2O4S/c1-13-6-5-10(11(13)15)12-18(16,17)9-4-2-3-8(14)7-9/h2-4,7,10,12,14H,5-6H2,1H3. The zero-order valence-corrected chi connectivity index (χ0v) is 10.6. The molecule has 2 rings (SSSR count). The van der Waals surface area contributed by atoms with Gasteiger partial charge < -0.3 is 10.0 Å². The summed E-state index contributed by atoms with van der Waals surface area (Å²) in [6, 6.07) is 4.61. The molecule has 0 saturated carbocycles. The van der Waals surface area contributed by atoms with Crippen molar-refractivity contribution in [1.82, 2.24) is 9.62 Å². The molecule has 1 aliphatic rings. The van der Waals surface area contributed by atoms with E-state index in [0.717, 1.165) is 6.07 Å². The number of sulfonamides is 1. The fraction of sp³-hybridized carbons (Fsp3) is 0.364. The fourth-order valence-electron chi connectivity index (χ4n) is 1.84. The number of phenols is 1. The molecule has 1 atom stereocenters. The lowest BCUT2D eigenvalue weighted by Gasteiger charge is -2.12. The van der Waals surface area contributed by atoms with Gasteiger partial charge in [0.2, 0.25) is 15.9 Å². The van der Waals surface area contributed by atoms with Crippen molar-refractivity contribution < 1.29 is 18.3 Å². The number of carbonyl (C=O) groups excluding carboxylic acids is 1. The number of hydrogen-bond acceptors (Lipinski definition) is 4. The number of nitrogens with zero attached hydrogens (tertiary/aromatic N) is 1. The second-order valence-corrected chi connectivity index (χ2v) is 5.93. The van der Waals surface area contributed by atoms with Crippen molar-refractivity contribution in [1.29, 1.82) is 0 Å². The highest BCUT2D eigenvalue weighted by Crippen LogP contribution is 2.18. The van der Waals surface area contributed by atoms with Gasteiger partial charge in [-0.1, -0.05) is 6.07 Å². The maximum atomic E-state index is 12.0. The highest BCUT2D eigenvalue weighted by molar-refractivity contribution is 7.89. The molecular weight excluding hydrogens is 256 g/mol. The summed E-state index contributed by atoms with van der Waals surface area (Å²) in [6.45, 7) is 0.534. The molecule has 1 aromatic carbocycles. The first-order valence-corrected chi connectivity index (χ1v) is 6.95. The van der Waals surface area contributed by atoms with Gasteiger partial charge in [-0.25, -0.2) is 8.42 Å². The molecule has 98 valence electrons. The number of likely N-dealkylation sites (N-methyl/N-ethyl adjacent to an activating group) is 1. The molecule has 1 unspecified atom stereocenters. The van der Waals surface area contributed by atoms with Crippen molar-refractivity contribution in [3.63, 3.8) is 0 Å². The molecule has 0 aliphatic carbocycles. The van der Waals surface area contributed by atoms with E-state index in [1.807, 2.05) is 0 Å². The minimum Gasteiger partial charge on any atom is -0.508 e. The maximum absolute atomic E-state index is 12.0. The highest BCUT2D eigenvalue weighted by Gasteiger charge is 2.32. The molecule has 0 radical (unpaired) electrons. The lowest BCUT2D eigenvalue weighted by atomic mass is 10.3. The van der Waals surface area contributed by atoms with Gasteiger partial charge in [-0.2, -0.15) is 4.72 Å². The van der Waals surface area contributed by atoms with Crippen LogP contribution in [-0.4, -0.2) is 44.0 Å². The van der Waals surface area contributed by atoms with Gasteiger partial charge in [0.1, 0.15) is 11.8 Å². The van der Waals surface area contributed by atoms with Gasteiger partial charge in [0.25, 0.3) is 0 Å². The third-order valence-electron chi connectivity index (χ3n) is 2.85. The number of carbonyl (C=O) groups is 1. The number of likely N-dealkylation sites (tertiary alicyclic amines) is 1. The summed E-state index contributed by atoms with van der Waals surface area (Å²) in [5.41, 5.74) is 0. The molecule has 6 nitrogen and oxygen atoms in total. The summed E-state index contributed by atoms with van der Waals surface area (Å²) in [7, 11) is -2.15. The van der Waals surface area contributed by atoms with Crippen molar-refractivity contribution in [2.45, 2.75) is 17.4 Å². The SMILES string of the molecule is CN1CCC(NS(=O)(=O)c2cccc(O)c2)C1=O. The van der Waals surface area contributed by atoms with E-state index in [4.69, 9.17) is 0 Å². The first kappa shape index (κ1) is 12.8. The van der Waals surface area contributed by atoms with E-state index in [2.05, 4.69) is 4.72 Å². The largest absolute Gasteiger partial charge is 0.508 e. The van der Waals surface area contributed by atoms with Crippen LogP contribution < -0.4 is 4.72 Å². The van der Waals surface area contributed by atoms with Crippen LogP contribution in [0.5, 0.6) is 5.75 Å². The van der Waals surface area contributed by atoms with Crippen molar-refractivity contribution in [2.75, 3.05) is 13.6 Å². The van der Waals surface area contributed by atoms with E-state index in [9.17, 15) is 18.3 Å². The molecule has 1 aliphatic heterocycles. The minimum absolute atomic E-state index is 0.0511. The van der Waals surface area contributed by atoms with E-state index >= 15 is 0 Å². The van der Waals surface area contributed by atoms with Crippen molar-refractivity contribution in [3.05, 3.63) is 24.3 Å².